The Kier molecular flexibility index (Phi) is 3.70. The molecule has 114 valence electrons. The lowest BCUT2D eigenvalue weighted by Gasteiger charge is -2.38. The van der Waals surface area contributed by atoms with Gasteiger partial charge in [0.05, 0.1) is 17.7 Å². The van der Waals surface area contributed by atoms with Gasteiger partial charge in [0.25, 0.3) is 11.8 Å². The standard InChI is InChI=1S/C13H17N3O4S/c1-3-5-14-10-9-8(7-21-10)11(17)16(12(9)18)13(2)4-6-19-15-20-13/h7,14-15H,3-6H2,1-2H3/t13-/m1/s1. The lowest BCUT2D eigenvalue weighted by Crippen LogP contribution is -2.57. The van der Waals surface area contributed by atoms with Gasteiger partial charge in [-0.2, -0.15) is 0 Å². The second-order valence-electron chi connectivity index (χ2n) is 5.18. The molecule has 3 heterocycles. The van der Waals surface area contributed by atoms with Gasteiger partial charge < -0.3 is 5.32 Å². The molecule has 1 aromatic heterocycles. The van der Waals surface area contributed by atoms with Crippen molar-refractivity contribution < 1.29 is 19.3 Å². The molecule has 2 amide bonds. The second-order valence-corrected chi connectivity index (χ2v) is 6.06. The molecule has 2 aliphatic heterocycles. The Hall–Kier alpha value is -1.48. The predicted octanol–water partition coefficient (Wildman–Crippen LogP) is 1.74. The van der Waals surface area contributed by atoms with Crippen LogP contribution in [0, 0.1) is 0 Å². The highest BCUT2D eigenvalue weighted by Crippen LogP contribution is 2.39. The van der Waals surface area contributed by atoms with Crippen LogP contribution < -0.4 is 11.0 Å². The van der Waals surface area contributed by atoms with E-state index in [1.165, 1.54) is 16.2 Å². The first-order valence-corrected chi connectivity index (χ1v) is 7.75. The minimum Gasteiger partial charge on any atom is -0.376 e. The van der Waals surface area contributed by atoms with E-state index in [2.05, 4.69) is 11.0 Å². The van der Waals surface area contributed by atoms with Crippen LogP contribution in [0.3, 0.4) is 0 Å². The summed E-state index contributed by atoms with van der Waals surface area (Å²) in [6.07, 6.45) is 1.36. The molecule has 0 saturated carbocycles. The average molecular weight is 311 g/mol. The van der Waals surface area contributed by atoms with Crippen LogP contribution in [0.2, 0.25) is 0 Å². The summed E-state index contributed by atoms with van der Waals surface area (Å²) >= 11 is 1.39. The molecule has 2 aliphatic rings. The Morgan fingerprint density at radius 1 is 1.48 bits per heavy atom. The van der Waals surface area contributed by atoms with E-state index in [-0.39, 0.29) is 11.8 Å². The van der Waals surface area contributed by atoms with Crippen molar-refractivity contribution in [3.8, 4) is 0 Å². The van der Waals surface area contributed by atoms with Crippen LogP contribution in [0.25, 0.3) is 0 Å². The van der Waals surface area contributed by atoms with Gasteiger partial charge in [0.2, 0.25) is 0 Å². The molecule has 8 heteroatoms. The van der Waals surface area contributed by atoms with Crippen molar-refractivity contribution >= 4 is 28.2 Å². The highest BCUT2D eigenvalue weighted by atomic mass is 32.1. The number of hydrogen-bond donors (Lipinski definition) is 2. The molecule has 0 aliphatic carbocycles. The predicted molar refractivity (Wildman–Crippen MR) is 76.8 cm³/mol. The Balaban J connectivity index is 1.91. The third kappa shape index (κ3) is 2.24. The molecule has 0 spiro atoms. The molecular weight excluding hydrogens is 294 g/mol. The van der Waals surface area contributed by atoms with Gasteiger partial charge in [0, 0.05) is 18.3 Å². The molecule has 0 bridgehead atoms. The number of rotatable bonds is 4. The maximum absolute atomic E-state index is 12.7. The summed E-state index contributed by atoms with van der Waals surface area (Å²) in [4.78, 5) is 36.6. The second kappa shape index (κ2) is 5.38. The Morgan fingerprint density at radius 3 is 2.95 bits per heavy atom. The minimum atomic E-state index is -1.04. The number of fused-ring (bicyclic) bond motifs is 1. The van der Waals surface area contributed by atoms with Crippen LogP contribution in [0.1, 0.15) is 47.4 Å². The van der Waals surface area contributed by atoms with Crippen molar-refractivity contribution in [2.24, 2.45) is 0 Å². The number of thiophene rings is 1. The number of nitrogens with zero attached hydrogens (tertiary/aromatic N) is 1. The van der Waals surface area contributed by atoms with E-state index in [1.54, 1.807) is 12.3 Å². The van der Waals surface area contributed by atoms with Crippen molar-refractivity contribution in [3.63, 3.8) is 0 Å². The lowest BCUT2D eigenvalue weighted by molar-refractivity contribution is -0.302. The zero-order chi connectivity index (χ0) is 15.0. The zero-order valence-electron chi connectivity index (χ0n) is 11.9. The molecule has 0 radical (unpaired) electrons. The van der Waals surface area contributed by atoms with Crippen LogP contribution in [0.15, 0.2) is 5.38 Å². The van der Waals surface area contributed by atoms with Gasteiger partial charge in [0.1, 0.15) is 5.00 Å². The number of carbonyl (C=O) groups is 2. The average Bonchev–Trinajstić information content (AvgIpc) is 2.99. The summed E-state index contributed by atoms with van der Waals surface area (Å²) in [5.74, 6) is -0.636. The summed E-state index contributed by atoms with van der Waals surface area (Å²) < 4.78 is 0. The third-order valence-corrected chi connectivity index (χ3v) is 4.58. The monoisotopic (exact) mass is 311 g/mol. The zero-order valence-corrected chi connectivity index (χ0v) is 12.7. The van der Waals surface area contributed by atoms with Crippen LogP contribution in [0.5, 0.6) is 0 Å². The van der Waals surface area contributed by atoms with E-state index in [0.717, 1.165) is 18.0 Å². The highest BCUT2D eigenvalue weighted by molar-refractivity contribution is 7.15. The number of hydrogen-bond acceptors (Lipinski definition) is 7. The van der Waals surface area contributed by atoms with Crippen LogP contribution in [-0.2, 0) is 9.68 Å². The molecule has 7 nitrogen and oxygen atoms in total. The third-order valence-electron chi connectivity index (χ3n) is 3.64. The Labute approximate surface area is 126 Å². The molecule has 1 fully saturated rings. The smallest absolute Gasteiger partial charge is 0.266 e. The van der Waals surface area contributed by atoms with E-state index in [0.29, 0.717) is 24.2 Å². The van der Waals surface area contributed by atoms with E-state index < -0.39 is 5.72 Å². The molecule has 3 rings (SSSR count). The van der Waals surface area contributed by atoms with Crippen molar-refractivity contribution in [3.05, 3.63) is 16.5 Å². The van der Waals surface area contributed by atoms with Crippen molar-refractivity contribution in [1.29, 1.82) is 0 Å². The molecule has 1 atom stereocenters. The van der Waals surface area contributed by atoms with Gasteiger partial charge in [-0.1, -0.05) is 12.6 Å². The molecule has 0 unspecified atom stereocenters. The first kappa shape index (κ1) is 14.5. The number of imide groups is 1. The van der Waals surface area contributed by atoms with E-state index >= 15 is 0 Å². The van der Waals surface area contributed by atoms with Gasteiger partial charge in [-0.3, -0.25) is 14.4 Å². The lowest BCUT2D eigenvalue weighted by atomic mass is 10.1. The van der Waals surface area contributed by atoms with E-state index in [1.807, 2.05) is 6.92 Å². The molecule has 21 heavy (non-hydrogen) atoms. The Morgan fingerprint density at radius 2 is 2.29 bits per heavy atom. The van der Waals surface area contributed by atoms with Crippen LogP contribution in [-0.4, -0.2) is 35.6 Å². The van der Waals surface area contributed by atoms with Gasteiger partial charge in [-0.05, 0) is 13.3 Å². The van der Waals surface area contributed by atoms with Crippen LogP contribution >= 0.6 is 11.3 Å². The molecular formula is C13H17N3O4S. The summed E-state index contributed by atoms with van der Waals surface area (Å²) in [6, 6.07) is 0. The number of anilines is 1. The maximum atomic E-state index is 12.7. The van der Waals surface area contributed by atoms with E-state index in [4.69, 9.17) is 9.68 Å². The molecule has 1 aromatic rings. The first-order valence-electron chi connectivity index (χ1n) is 6.87. The number of amides is 2. The van der Waals surface area contributed by atoms with Crippen molar-refractivity contribution in [2.75, 3.05) is 18.5 Å². The Bertz CT molecular complexity index is 580. The molecule has 2 N–H and O–H groups in total. The van der Waals surface area contributed by atoms with Gasteiger partial charge >= 0.3 is 0 Å². The van der Waals surface area contributed by atoms with Crippen molar-refractivity contribution in [2.45, 2.75) is 32.4 Å². The van der Waals surface area contributed by atoms with Gasteiger partial charge in [0.15, 0.2) is 5.72 Å². The number of nitrogens with one attached hydrogen (secondary N) is 2. The summed E-state index contributed by atoms with van der Waals surface area (Å²) in [6.45, 7) is 4.87. The fourth-order valence-electron chi connectivity index (χ4n) is 2.46. The fourth-order valence-corrected chi connectivity index (χ4v) is 3.42. The summed E-state index contributed by atoms with van der Waals surface area (Å²) in [5, 5.41) is 5.67. The molecule has 1 saturated heterocycles. The SMILES string of the molecule is CCCNc1scc2c1C(=O)N([C@@]1(C)CCONO1)C2=O. The minimum absolute atomic E-state index is 0.318. The van der Waals surface area contributed by atoms with Gasteiger partial charge in [-0.15, -0.1) is 11.3 Å². The first-order chi connectivity index (χ1) is 10.1. The largest absolute Gasteiger partial charge is 0.376 e. The number of carbonyl (C=O) groups excluding carboxylic acids is 2. The normalized spacial score (nSPS) is 25.3. The fraction of sp³-hybridized carbons (Fsp3) is 0.538. The van der Waals surface area contributed by atoms with Crippen molar-refractivity contribution in [1.82, 2.24) is 10.5 Å². The van der Waals surface area contributed by atoms with Gasteiger partial charge in [-0.25, -0.2) is 9.74 Å². The summed E-state index contributed by atoms with van der Waals surface area (Å²) in [5.41, 5.74) is 2.16. The van der Waals surface area contributed by atoms with E-state index in [9.17, 15) is 9.59 Å². The topological polar surface area (TPSA) is 79.9 Å². The quantitative estimate of drug-likeness (QED) is 0.825. The van der Waals surface area contributed by atoms with Crippen LogP contribution in [0.4, 0.5) is 5.00 Å². The molecule has 0 aromatic carbocycles. The highest BCUT2D eigenvalue weighted by Gasteiger charge is 2.50. The maximum Gasteiger partial charge on any atom is 0.266 e. The summed E-state index contributed by atoms with van der Waals surface area (Å²) in [7, 11) is 0.